The largest absolute Gasteiger partial charge is 0.381 e. The molecule has 3 rings (SSSR count). The minimum atomic E-state index is 0.348. The Morgan fingerprint density at radius 1 is 0.944 bits per heavy atom. The number of benzene rings is 2. The second-order valence-corrected chi connectivity index (χ2v) is 4.97. The van der Waals surface area contributed by atoms with Gasteiger partial charge < -0.3 is 10.6 Å². The first-order valence-corrected chi connectivity index (χ1v) is 6.40. The fourth-order valence-corrected chi connectivity index (χ4v) is 2.42. The van der Waals surface area contributed by atoms with Crippen LogP contribution in [0, 0.1) is 13.8 Å². The fraction of sp³-hybridized carbons (Fsp3) is 0.250. The van der Waals surface area contributed by atoms with Crippen LogP contribution in [0.15, 0.2) is 42.5 Å². The second-order valence-electron chi connectivity index (χ2n) is 4.97. The standard InChI is InChI=1S/C16H18N2/c1-11-8-14-15(9-12(11)2)18-16(10-17-14)13-6-4-3-5-7-13/h3-9,16-18H,10H2,1-2H3/t16-/m1/s1. The molecule has 2 heteroatoms. The van der Waals surface area contributed by atoms with Crippen LogP contribution in [0.1, 0.15) is 22.7 Å². The molecule has 0 saturated carbocycles. The maximum absolute atomic E-state index is 3.62. The van der Waals surface area contributed by atoms with Crippen LogP contribution in [0.25, 0.3) is 0 Å². The maximum Gasteiger partial charge on any atom is 0.0687 e. The van der Waals surface area contributed by atoms with Crippen molar-refractivity contribution in [1.82, 2.24) is 0 Å². The molecule has 0 fully saturated rings. The number of hydrogen-bond donors (Lipinski definition) is 2. The summed E-state index contributed by atoms with van der Waals surface area (Å²) >= 11 is 0. The lowest BCUT2D eigenvalue weighted by Gasteiger charge is -2.29. The van der Waals surface area contributed by atoms with Crippen LogP contribution in [-0.4, -0.2) is 6.54 Å². The molecule has 0 unspecified atom stereocenters. The van der Waals surface area contributed by atoms with Crippen molar-refractivity contribution < 1.29 is 0 Å². The molecular weight excluding hydrogens is 220 g/mol. The number of anilines is 2. The van der Waals surface area contributed by atoms with Gasteiger partial charge in [-0.05, 0) is 42.7 Å². The first kappa shape index (κ1) is 11.1. The van der Waals surface area contributed by atoms with E-state index in [2.05, 4.69) is 66.9 Å². The normalized spacial score (nSPS) is 17.6. The van der Waals surface area contributed by atoms with Gasteiger partial charge in [-0.15, -0.1) is 0 Å². The van der Waals surface area contributed by atoms with Gasteiger partial charge in [0.05, 0.1) is 17.4 Å². The SMILES string of the molecule is Cc1cc2c(cc1C)N[C@@H](c1ccccc1)CN2. The molecule has 2 N–H and O–H groups in total. The summed E-state index contributed by atoms with van der Waals surface area (Å²) in [6.45, 7) is 5.24. The number of aryl methyl sites for hydroxylation is 2. The molecular formula is C16H18N2. The molecule has 1 heterocycles. The predicted octanol–water partition coefficient (Wildman–Crippen LogP) is 3.88. The van der Waals surface area contributed by atoms with Crippen molar-refractivity contribution in [1.29, 1.82) is 0 Å². The second kappa shape index (κ2) is 4.37. The average molecular weight is 238 g/mol. The van der Waals surface area contributed by atoms with Crippen LogP contribution < -0.4 is 10.6 Å². The molecule has 0 saturated heterocycles. The molecule has 0 bridgehead atoms. The zero-order valence-corrected chi connectivity index (χ0v) is 10.8. The molecule has 1 aliphatic heterocycles. The van der Waals surface area contributed by atoms with Crippen LogP contribution in [0.2, 0.25) is 0 Å². The molecule has 2 aromatic rings. The minimum Gasteiger partial charge on any atom is -0.381 e. The first-order chi connectivity index (χ1) is 8.74. The van der Waals surface area contributed by atoms with E-state index in [4.69, 9.17) is 0 Å². The molecule has 0 aliphatic carbocycles. The van der Waals surface area contributed by atoms with Crippen molar-refractivity contribution in [3.63, 3.8) is 0 Å². The molecule has 2 aromatic carbocycles. The number of rotatable bonds is 1. The lowest BCUT2D eigenvalue weighted by atomic mass is 10.0. The van der Waals surface area contributed by atoms with Gasteiger partial charge in [0.25, 0.3) is 0 Å². The predicted molar refractivity (Wildman–Crippen MR) is 77.2 cm³/mol. The van der Waals surface area contributed by atoms with E-state index in [9.17, 15) is 0 Å². The topological polar surface area (TPSA) is 24.1 Å². The Morgan fingerprint density at radius 2 is 1.61 bits per heavy atom. The number of fused-ring (bicyclic) bond motifs is 1. The summed E-state index contributed by atoms with van der Waals surface area (Å²) in [6, 6.07) is 15.4. The van der Waals surface area contributed by atoms with Crippen molar-refractivity contribution in [2.75, 3.05) is 17.2 Å². The molecule has 1 atom stereocenters. The molecule has 0 spiro atoms. The minimum absolute atomic E-state index is 0.348. The highest BCUT2D eigenvalue weighted by Crippen LogP contribution is 2.33. The van der Waals surface area contributed by atoms with E-state index in [0.29, 0.717) is 6.04 Å². The highest BCUT2D eigenvalue weighted by molar-refractivity contribution is 5.73. The van der Waals surface area contributed by atoms with Crippen LogP contribution in [0.3, 0.4) is 0 Å². The molecule has 92 valence electrons. The Balaban J connectivity index is 1.92. The van der Waals surface area contributed by atoms with E-state index < -0.39 is 0 Å². The summed E-state index contributed by atoms with van der Waals surface area (Å²) in [5, 5.41) is 7.14. The Labute approximate surface area is 108 Å². The number of hydrogen-bond acceptors (Lipinski definition) is 2. The third-order valence-corrected chi connectivity index (χ3v) is 3.66. The Kier molecular flexibility index (Phi) is 2.71. The number of nitrogens with one attached hydrogen (secondary N) is 2. The van der Waals surface area contributed by atoms with Crippen LogP contribution >= 0.6 is 0 Å². The van der Waals surface area contributed by atoms with Crippen molar-refractivity contribution in [2.45, 2.75) is 19.9 Å². The monoisotopic (exact) mass is 238 g/mol. The van der Waals surface area contributed by atoms with E-state index in [-0.39, 0.29) is 0 Å². The molecule has 18 heavy (non-hydrogen) atoms. The van der Waals surface area contributed by atoms with Crippen molar-refractivity contribution in [3.8, 4) is 0 Å². The van der Waals surface area contributed by atoms with Crippen molar-refractivity contribution >= 4 is 11.4 Å². The van der Waals surface area contributed by atoms with Gasteiger partial charge in [-0.2, -0.15) is 0 Å². The van der Waals surface area contributed by atoms with Gasteiger partial charge >= 0.3 is 0 Å². The Bertz CT molecular complexity index is 561. The van der Waals surface area contributed by atoms with Gasteiger partial charge in [0.15, 0.2) is 0 Å². The summed E-state index contributed by atoms with van der Waals surface area (Å²) in [5.74, 6) is 0. The summed E-state index contributed by atoms with van der Waals surface area (Å²) < 4.78 is 0. The summed E-state index contributed by atoms with van der Waals surface area (Å²) in [4.78, 5) is 0. The van der Waals surface area contributed by atoms with Gasteiger partial charge in [0.1, 0.15) is 0 Å². The van der Waals surface area contributed by atoms with Gasteiger partial charge in [0, 0.05) is 6.54 Å². The van der Waals surface area contributed by atoms with E-state index in [1.807, 2.05) is 0 Å². The lowest BCUT2D eigenvalue weighted by molar-refractivity contribution is 0.803. The molecule has 1 aliphatic rings. The Hall–Kier alpha value is -1.96. The maximum atomic E-state index is 3.62. The van der Waals surface area contributed by atoms with E-state index in [1.165, 1.54) is 28.1 Å². The van der Waals surface area contributed by atoms with E-state index in [1.54, 1.807) is 0 Å². The van der Waals surface area contributed by atoms with Gasteiger partial charge in [-0.25, -0.2) is 0 Å². The van der Waals surface area contributed by atoms with Crippen molar-refractivity contribution in [2.24, 2.45) is 0 Å². The van der Waals surface area contributed by atoms with Gasteiger partial charge in [-0.3, -0.25) is 0 Å². The third-order valence-electron chi connectivity index (χ3n) is 3.66. The van der Waals surface area contributed by atoms with Crippen LogP contribution in [-0.2, 0) is 0 Å². The van der Waals surface area contributed by atoms with Gasteiger partial charge in [0.2, 0.25) is 0 Å². The van der Waals surface area contributed by atoms with Crippen molar-refractivity contribution in [3.05, 3.63) is 59.2 Å². The van der Waals surface area contributed by atoms with E-state index in [0.717, 1.165) is 6.54 Å². The van der Waals surface area contributed by atoms with Crippen LogP contribution in [0.5, 0.6) is 0 Å². The molecule has 0 radical (unpaired) electrons. The lowest BCUT2D eigenvalue weighted by Crippen LogP contribution is -2.25. The summed E-state index contributed by atoms with van der Waals surface area (Å²) in [7, 11) is 0. The highest BCUT2D eigenvalue weighted by atomic mass is 15.1. The van der Waals surface area contributed by atoms with E-state index >= 15 is 0 Å². The smallest absolute Gasteiger partial charge is 0.0687 e. The quantitative estimate of drug-likeness (QED) is 0.787. The van der Waals surface area contributed by atoms with Gasteiger partial charge in [-0.1, -0.05) is 30.3 Å². The Morgan fingerprint density at radius 3 is 2.33 bits per heavy atom. The highest BCUT2D eigenvalue weighted by Gasteiger charge is 2.18. The molecule has 0 aromatic heterocycles. The third kappa shape index (κ3) is 1.94. The fourth-order valence-electron chi connectivity index (χ4n) is 2.42. The summed E-state index contributed by atoms with van der Waals surface area (Å²) in [6.07, 6.45) is 0. The summed E-state index contributed by atoms with van der Waals surface area (Å²) in [5.41, 5.74) is 6.41. The average Bonchev–Trinajstić information content (AvgIpc) is 2.41. The molecule has 2 nitrogen and oxygen atoms in total. The zero-order valence-electron chi connectivity index (χ0n) is 10.8. The zero-order chi connectivity index (χ0) is 12.5. The first-order valence-electron chi connectivity index (χ1n) is 6.40. The van der Waals surface area contributed by atoms with Crippen LogP contribution in [0.4, 0.5) is 11.4 Å². The molecule has 0 amide bonds.